The summed E-state index contributed by atoms with van der Waals surface area (Å²) >= 11 is 0. The minimum Gasteiger partial charge on any atom is -0.507 e. The molecule has 4 aliphatic heterocycles. The van der Waals surface area contributed by atoms with E-state index in [4.69, 9.17) is 47.7 Å². The fraction of sp³-hybridized carbons (Fsp3) is 0.837. The Bertz CT molecular complexity index is 1920. The van der Waals surface area contributed by atoms with E-state index in [9.17, 15) is 101 Å². The van der Waals surface area contributed by atoms with E-state index in [1.165, 1.54) is 13.8 Å². The van der Waals surface area contributed by atoms with Crippen molar-refractivity contribution >= 4 is 17.7 Å². The molecule has 0 aromatic rings. The fourth-order valence-electron chi connectivity index (χ4n) is 8.73. The molecule has 0 aliphatic carbocycles. The molecule has 4 fully saturated rings. The molecule has 440 valence electrons. The van der Waals surface area contributed by atoms with Crippen LogP contribution >= 0.6 is 0 Å². The zero-order chi connectivity index (χ0) is 57.0. The maximum absolute atomic E-state index is 12.5. The standard InChI is InChI=1S/C43H73N3O30/c1-13-23(44-14(2)53)30(61)35(21(11-51)68-13)74-41-25(46-16(4)55)31(62)36(22(12-52)72-41)75-42-34(65)37(29(60)20(10-50)70-42)76-43-38(32(63)28(59)19(9-49)71-43)73-39(66)24(45-15(3)54)27(58)18(6-8-48)69-40(67)33(64)26(57)17(56)5-7-47/h13,17-23,25,28-32,34-43,47-52,56-67H,5-12H2,1-4H3,(H,44,53)(H,45,54)(H,46,55)/b27-24-,33-26+/t13-,17-,18+,19?,20?,21?,22?,23?,25?,28+,29+,30?,31?,32?,34?,35+,36+,37?,38?,39-,40-,41-,42-,43+/m0/s1. The number of aliphatic hydroxyl groups is 18. The Morgan fingerprint density at radius 3 is 1.53 bits per heavy atom. The van der Waals surface area contributed by atoms with Gasteiger partial charge >= 0.3 is 0 Å². The van der Waals surface area contributed by atoms with Crippen LogP contribution in [0.3, 0.4) is 0 Å². The molecule has 76 heavy (non-hydrogen) atoms. The molecule has 21 N–H and O–H groups in total. The molecule has 33 nitrogen and oxygen atoms in total. The van der Waals surface area contributed by atoms with Crippen molar-refractivity contribution in [3.63, 3.8) is 0 Å². The fourth-order valence-corrected chi connectivity index (χ4v) is 8.73. The van der Waals surface area contributed by atoms with Crippen LogP contribution in [0.1, 0.15) is 40.5 Å². The van der Waals surface area contributed by atoms with Gasteiger partial charge in [-0.15, -0.1) is 0 Å². The van der Waals surface area contributed by atoms with E-state index < -0.39 is 240 Å². The highest BCUT2D eigenvalue weighted by Crippen LogP contribution is 2.36. The van der Waals surface area contributed by atoms with Crippen LogP contribution in [-0.2, 0) is 57.0 Å². The van der Waals surface area contributed by atoms with Gasteiger partial charge in [-0.25, -0.2) is 0 Å². The highest BCUT2D eigenvalue weighted by molar-refractivity contribution is 5.75. The molecule has 0 aromatic heterocycles. The maximum Gasteiger partial charge on any atom is 0.221 e. The molecule has 4 rings (SSSR count). The zero-order valence-electron chi connectivity index (χ0n) is 41.5. The van der Waals surface area contributed by atoms with Crippen molar-refractivity contribution in [3.05, 3.63) is 23.0 Å². The monoisotopic (exact) mass is 1110 g/mol. The van der Waals surface area contributed by atoms with Crippen molar-refractivity contribution in [3.8, 4) is 0 Å². The zero-order valence-corrected chi connectivity index (χ0v) is 41.5. The molecule has 0 saturated carbocycles. The number of rotatable bonds is 25. The molecule has 24 atom stereocenters. The van der Waals surface area contributed by atoms with Crippen LogP contribution in [0.15, 0.2) is 23.0 Å². The molecule has 0 bridgehead atoms. The number of ether oxygens (including phenoxy) is 9. The highest BCUT2D eigenvalue weighted by Gasteiger charge is 2.56. The van der Waals surface area contributed by atoms with Crippen molar-refractivity contribution in [2.45, 2.75) is 188 Å². The number of carbonyl (C=O) groups excluding carboxylic acids is 3. The van der Waals surface area contributed by atoms with Crippen molar-refractivity contribution in [1.82, 2.24) is 16.0 Å². The lowest BCUT2D eigenvalue weighted by molar-refractivity contribution is -0.384. The Hall–Kier alpha value is -3.67. The lowest BCUT2D eigenvalue weighted by Crippen LogP contribution is -2.70. The Kier molecular flexibility index (Phi) is 25.2. The first kappa shape index (κ1) is 64.9. The van der Waals surface area contributed by atoms with Gasteiger partial charge in [-0.2, -0.15) is 0 Å². The molecular formula is C43H73N3O30. The number of carbonyl (C=O) groups is 3. The van der Waals surface area contributed by atoms with Gasteiger partial charge in [0.1, 0.15) is 115 Å². The van der Waals surface area contributed by atoms with Crippen LogP contribution in [0.2, 0.25) is 0 Å². The average Bonchev–Trinajstić information content (AvgIpc) is 3.37. The summed E-state index contributed by atoms with van der Waals surface area (Å²) in [5, 5.41) is 199. The molecule has 4 heterocycles. The number of hydrogen-bond donors (Lipinski definition) is 21. The number of hydrogen-bond acceptors (Lipinski definition) is 30. The van der Waals surface area contributed by atoms with Crippen molar-refractivity contribution in [1.29, 1.82) is 0 Å². The first-order valence-corrected chi connectivity index (χ1v) is 23.8. The molecule has 33 heteroatoms. The van der Waals surface area contributed by atoms with Gasteiger partial charge in [0, 0.05) is 46.8 Å². The third-order valence-corrected chi connectivity index (χ3v) is 12.6. The average molecular weight is 1110 g/mol. The Morgan fingerprint density at radius 2 is 0.987 bits per heavy atom. The highest BCUT2D eigenvalue weighted by atomic mass is 16.8. The summed E-state index contributed by atoms with van der Waals surface area (Å²) in [5.41, 5.74) is -1.08. The topological polar surface area (TPSA) is 535 Å². The molecule has 12 unspecified atom stereocenters. The van der Waals surface area contributed by atoms with Gasteiger partial charge in [-0.1, -0.05) is 0 Å². The third-order valence-electron chi connectivity index (χ3n) is 12.6. The van der Waals surface area contributed by atoms with Crippen molar-refractivity contribution in [2.24, 2.45) is 0 Å². The summed E-state index contributed by atoms with van der Waals surface area (Å²) in [6, 6.07) is -2.77. The van der Waals surface area contributed by atoms with Crippen molar-refractivity contribution in [2.75, 3.05) is 39.6 Å². The molecule has 4 aliphatic rings. The Balaban J connectivity index is 1.66. The molecule has 3 amide bonds. The number of nitrogens with one attached hydrogen (secondary N) is 3. The quantitative estimate of drug-likeness (QED) is 0.0298. The van der Waals surface area contributed by atoms with Gasteiger partial charge in [-0.05, 0) is 6.92 Å². The third kappa shape index (κ3) is 15.8. The first-order valence-electron chi connectivity index (χ1n) is 23.8. The van der Waals surface area contributed by atoms with Crippen LogP contribution in [0, 0.1) is 0 Å². The molecular weight excluding hydrogens is 1040 g/mol. The Labute approximate surface area is 432 Å². The van der Waals surface area contributed by atoms with Crippen LogP contribution in [0.25, 0.3) is 0 Å². The van der Waals surface area contributed by atoms with Gasteiger partial charge in [0.25, 0.3) is 0 Å². The SMILES string of the molecule is CC(=O)N/C(=C(\O)[C@@H](CCO)O[C@H](O)/C(O)=C(\O)[C@@H](O)CCO)[C@@H](O)OC1C(O)[C@H](O)C(CO)O[C@@H]1OC1C(O)[C@H](O[C@@H]2C(CO)O[C@@H](O[C@@H]3C(CO)O[C@@H](C)C(NC(C)=O)C3O)C(NC(C)=O)C2O)OC(CO)[C@H]1O. The van der Waals surface area contributed by atoms with E-state index in [1.807, 2.05) is 5.32 Å². The first-order chi connectivity index (χ1) is 35.8. The summed E-state index contributed by atoms with van der Waals surface area (Å²) in [6.45, 7) is -0.867. The predicted octanol–water partition coefficient (Wildman–Crippen LogP) is -9.99. The molecule has 0 radical (unpaired) electrons. The minimum atomic E-state index is -2.70. The van der Waals surface area contributed by atoms with Gasteiger partial charge in [0.05, 0.1) is 38.6 Å². The van der Waals surface area contributed by atoms with E-state index in [0.29, 0.717) is 0 Å². The van der Waals surface area contributed by atoms with E-state index in [-0.39, 0.29) is 0 Å². The second-order valence-electron chi connectivity index (χ2n) is 18.2. The molecule has 0 aromatic carbocycles. The predicted molar refractivity (Wildman–Crippen MR) is 241 cm³/mol. The molecule has 0 spiro atoms. The number of aliphatic hydroxyl groups excluding tert-OH is 18. The summed E-state index contributed by atoms with van der Waals surface area (Å²) in [4.78, 5) is 36.9. The lowest BCUT2D eigenvalue weighted by Gasteiger charge is -2.50. The van der Waals surface area contributed by atoms with Crippen molar-refractivity contribution < 1.29 is 149 Å². The minimum absolute atomic E-state index is 0.519. The van der Waals surface area contributed by atoms with Crippen LogP contribution in [-0.4, -0.2) is 297 Å². The molecule has 4 saturated heterocycles. The number of amides is 3. The van der Waals surface area contributed by atoms with E-state index in [0.717, 1.165) is 13.8 Å². The lowest BCUT2D eigenvalue weighted by atomic mass is 9.92. The Morgan fingerprint density at radius 1 is 0.500 bits per heavy atom. The van der Waals surface area contributed by atoms with E-state index in [2.05, 4.69) is 10.6 Å². The normalized spacial score (nSPS) is 38.4. The van der Waals surface area contributed by atoms with Crippen LogP contribution < -0.4 is 16.0 Å². The summed E-state index contributed by atoms with van der Waals surface area (Å²) in [5.74, 6) is -6.38. The van der Waals surface area contributed by atoms with Gasteiger partial charge in [-0.3, -0.25) is 14.4 Å². The van der Waals surface area contributed by atoms with E-state index >= 15 is 0 Å². The second-order valence-corrected chi connectivity index (χ2v) is 18.2. The summed E-state index contributed by atoms with van der Waals surface area (Å²) in [7, 11) is 0. The largest absolute Gasteiger partial charge is 0.507 e. The maximum atomic E-state index is 12.5. The van der Waals surface area contributed by atoms with Gasteiger partial charge in [0.2, 0.25) is 30.3 Å². The van der Waals surface area contributed by atoms with E-state index in [1.54, 1.807) is 0 Å². The second kappa shape index (κ2) is 29.5. The summed E-state index contributed by atoms with van der Waals surface area (Å²) in [6.07, 6.45) is -44.2. The van der Waals surface area contributed by atoms with Crippen LogP contribution in [0.4, 0.5) is 0 Å². The smallest absolute Gasteiger partial charge is 0.221 e. The summed E-state index contributed by atoms with van der Waals surface area (Å²) < 4.78 is 51.4. The van der Waals surface area contributed by atoms with Crippen LogP contribution in [0.5, 0.6) is 0 Å². The van der Waals surface area contributed by atoms with Gasteiger partial charge < -0.3 is 150 Å². The van der Waals surface area contributed by atoms with Gasteiger partial charge in [0.15, 0.2) is 30.4 Å².